The first-order chi connectivity index (χ1) is 11.4. The maximum Gasteiger partial charge on any atom is 0.401 e. The number of carbonyl (C=O) groups is 1. The van der Waals surface area contributed by atoms with Gasteiger partial charge in [0.15, 0.2) is 0 Å². The van der Waals surface area contributed by atoms with Crippen LogP contribution < -0.4 is 5.32 Å². The maximum atomic E-state index is 12.6. The van der Waals surface area contributed by atoms with Crippen molar-refractivity contribution in [1.82, 2.24) is 9.96 Å². The van der Waals surface area contributed by atoms with Gasteiger partial charge in [0.25, 0.3) is 0 Å². The van der Waals surface area contributed by atoms with Crippen molar-refractivity contribution in [2.45, 2.75) is 38.5 Å². The molecule has 1 saturated heterocycles. The predicted octanol–water partition coefficient (Wildman–Crippen LogP) is 3.51. The largest absolute Gasteiger partial charge is 0.401 e. The van der Waals surface area contributed by atoms with Crippen LogP contribution in [0.25, 0.3) is 0 Å². The Morgan fingerprint density at radius 2 is 2.04 bits per heavy atom. The van der Waals surface area contributed by atoms with Gasteiger partial charge in [-0.15, -0.1) is 0 Å². The second-order valence-electron chi connectivity index (χ2n) is 6.13. The first-order valence-electron chi connectivity index (χ1n) is 8.04. The highest BCUT2D eigenvalue weighted by Crippen LogP contribution is 2.31. The summed E-state index contributed by atoms with van der Waals surface area (Å²) in [7, 11) is 0. The van der Waals surface area contributed by atoms with E-state index in [2.05, 4.69) is 5.32 Å². The number of benzene rings is 1. The average molecular weight is 343 g/mol. The molecule has 24 heavy (non-hydrogen) atoms. The fraction of sp³-hybridized carbons (Fsp3) is 0.562. The lowest BCUT2D eigenvalue weighted by atomic mass is 10.1. The van der Waals surface area contributed by atoms with Gasteiger partial charge in [-0.2, -0.15) is 13.2 Å². The number of amides is 2. The molecular formula is C16H20F3N3O2. The molecule has 0 aromatic heterocycles. The molecule has 0 unspecified atom stereocenters. The molecule has 132 valence electrons. The summed E-state index contributed by atoms with van der Waals surface area (Å²) < 4.78 is 37.8. The maximum absolute atomic E-state index is 12.6. The fourth-order valence-electron chi connectivity index (χ4n) is 3.08. The molecular weight excluding hydrogens is 323 g/mol. The molecule has 0 radical (unpaired) electrons. The Hall–Kier alpha value is -1.80. The number of hydroxylamine groups is 2. The third-order valence-corrected chi connectivity index (χ3v) is 4.17. The number of hydrogen-bond acceptors (Lipinski definition) is 3. The average Bonchev–Trinajstić information content (AvgIpc) is 2.72. The zero-order chi connectivity index (χ0) is 17.2. The first kappa shape index (κ1) is 17.0. The summed E-state index contributed by atoms with van der Waals surface area (Å²) in [5.41, 5.74) is 2.11. The van der Waals surface area contributed by atoms with Crippen LogP contribution in [0.3, 0.4) is 0 Å². The minimum absolute atomic E-state index is 0.173. The Labute approximate surface area is 138 Å². The second-order valence-corrected chi connectivity index (χ2v) is 6.13. The molecule has 8 heteroatoms. The number of nitrogens with one attached hydrogen (secondary N) is 1. The number of nitrogens with zero attached hydrogens (tertiary/aromatic N) is 2. The monoisotopic (exact) mass is 343 g/mol. The Morgan fingerprint density at radius 3 is 2.83 bits per heavy atom. The molecule has 2 heterocycles. The van der Waals surface area contributed by atoms with Crippen molar-refractivity contribution in [3.8, 4) is 0 Å². The molecule has 1 aromatic rings. The van der Waals surface area contributed by atoms with E-state index in [1.807, 2.05) is 0 Å². The highest BCUT2D eigenvalue weighted by molar-refractivity contribution is 5.89. The van der Waals surface area contributed by atoms with Gasteiger partial charge in [-0.3, -0.25) is 9.74 Å². The van der Waals surface area contributed by atoms with Crippen LogP contribution >= 0.6 is 0 Å². The highest BCUT2D eigenvalue weighted by atomic mass is 19.4. The Balaban J connectivity index is 1.68. The number of carbonyl (C=O) groups excluding carboxylic acids is 1. The third kappa shape index (κ3) is 4.18. The van der Waals surface area contributed by atoms with Crippen LogP contribution in [0.5, 0.6) is 0 Å². The number of hydrogen-bond donors (Lipinski definition) is 1. The van der Waals surface area contributed by atoms with Gasteiger partial charge in [0.1, 0.15) is 0 Å². The van der Waals surface area contributed by atoms with Crippen LogP contribution in [0.1, 0.15) is 30.4 Å². The first-order valence-corrected chi connectivity index (χ1v) is 8.04. The summed E-state index contributed by atoms with van der Waals surface area (Å²) in [6.07, 6.45) is -1.43. The van der Waals surface area contributed by atoms with Gasteiger partial charge in [0, 0.05) is 18.8 Å². The van der Waals surface area contributed by atoms with Crippen LogP contribution in [0.2, 0.25) is 0 Å². The van der Waals surface area contributed by atoms with Crippen molar-refractivity contribution in [3.05, 3.63) is 29.3 Å². The Morgan fingerprint density at radius 1 is 1.21 bits per heavy atom. The summed E-state index contributed by atoms with van der Waals surface area (Å²) in [4.78, 5) is 19.1. The molecule has 0 atom stereocenters. The van der Waals surface area contributed by atoms with Gasteiger partial charge >= 0.3 is 12.2 Å². The Kier molecular flexibility index (Phi) is 4.96. The number of anilines is 1. The van der Waals surface area contributed by atoms with E-state index in [0.717, 1.165) is 30.4 Å². The molecule has 2 amide bonds. The van der Waals surface area contributed by atoms with Crippen LogP contribution in [0, 0.1) is 0 Å². The van der Waals surface area contributed by atoms with Gasteiger partial charge in [-0.25, -0.2) is 9.86 Å². The molecule has 0 bridgehead atoms. The van der Waals surface area contributed by atoms with Gasteiger partial charge in [-0.05, 0) is 36.5 Å². The van der Waals surface area contributed by atoms with Gasteiger partial charge < -0.3 is 5.32 Å². The van der Waals surface area contributed by atoms with Gasteiger partial charge in [0.05, 0.1) is 19.7 Å². The predicted molar refractivity (Wildman–Crippen MR) is 82.1 cm³/mol. The summed E-state index contributed by atoms with van der Waals surface area (Å²) in [6, 6.07) is 4.88. The normalized spacial score (nSPS) is 19.0. The van der Waals surface area contributed by atoms with E-state index in [-0.39, 0.29) is 19.1 Å². The molecule has 1 aromatic carbocycles. The summed E-state index contributed by atoms with van der Waals surface area (Å²) in [5, 5.41) is 4.08. The summed E-state index contributed by atoms with van der Waals surface area (Å²) in [5.74, 6) is 0. The van der Waals surface area contributed by atoms with Crippen LogP contribution in [0.15, 0.2) is 18.2 Å². The Bertz CT molecular complexity index is 599. The van der Waals surface area contributed by atoms with Crippen molar-refractivity contribution in [2.75, 3.05) is 25.0 Å². The lowest BCUT2D eigenvalue weighted by Crippen LogP contribution is -2.35. The molecule has 0 saturated carbocycles. The van der Waals surface area contributed by atoms with Crippen molar-refractivity contribution in [1.29, 1.82) is 0 Å². The number of rotatable bonds is 2. The zero-order valence-corrected chi connectivity index (χ0v) is 13.2. The van der Waals surface area contributed by atoms with Crippen LogP contribution in [-0.4, -0.2) is 41.9 Å². The van der Waals surface area contributed by atoms with Crippen LogP contribution in [0.4, 0.5) is 23.7 Å². The number of alkyl halides is 3. The molecule has 2 aliphatic heterocycles. The van der Waals surface area contributed by atoms with E-state index in [1.54, 1.807) is 18.2 Å². The summed E-state index contributed by atoms with van der Waals surface area (Å²) in [6.45, 7) is 0.468. The lowest BCUT2D eigenvalue weighted by molar-refractivity contribution is -0.146. The van der Waals surface area contributed by atoms with Crippen molar-refractivity contribution in [2.24, 2.45) is 0 Å². The smallest absolute Gasteiger partial charge is 0.306 e. The van der Waals surface area contributed by atoms with Crippen molar-refractivity contribution in [3.63, 3.8) is 0 Å². The third-order valence-electron chi connectivity index (χ3n) is 4.17. The van der Waals surface area contributed by atoms with E-state index in [4.69, 9.17) is 4.84 Å². The topological polar surface area (TPSA) is 44.8 Å². The molecule has 5 nitrogen and oxygen atoms in total. The molecule has 1 N–H and O–H groups in total. The zero-order valence-electron chi connectivity index (χ0n) is 13.2. The standard InChI is InChI=1S/C16H20F3N3O2/c17-16(18,19)11-21-9-12-5-4-6-14(13(12)10-21)20-15(23)22-7-2-1-3-8-24-22/h4-6H,1-3,7-11H2,(H,20,23). The molecule has 2 aliphatic rings. The quantitative estimate of drug-likeness (QED) is 0.894. The van der Waals surface area contributed by atoms with E-state index in [0.29, 0.717) is 18.8 Å². The van der Waals surface area contributed by atoms with Crippen LogP contribution in [-0.2, 0) is 17.9 Å². The number of fused-ring (bicyclic) bond motifs is 1. The highest BCUT2D eigenvalue weighted by Gasteiger charge is 2.34. The molecule has 0 aliphatic carbocycles. The van der Waals surface area contributed by atoms with E-state index < -0.39 is 12.7 Å². The summed E-state index contributed by atoms with van der Waals surface area (Å²) >= 11 is 0. The molecule has 0 spiro atoms. The van der Waals surface area contributed by atoms with E-state index in [9.17, 15) is 18.0 Å². The SMILES string of the molecule is O=C(Nc1cccc2c1CN(CC(F)(F)F)C2)N1CCCCCO1. The fourth-order valence-corrected chi connectivity index (χ4v) is 3.08. The number of urea groups is 1. The van der Waals surface area contributed by atoms with Crippen molar-refractivity contribution < 1.29 is 22.8 Å². The lowest BCUT2D eigenvalue weighted by Gasteiger charge is -2.21. The van der Waals surface area contributed by atoms with Gasteiger partial charge in [-0.1, -0.05) is 12.1 Å². The second kappa shape index (κ2) is 6.98. The van der Waals surface area contributed by atoms with E-state index in [1.165, 1.54) is 9.96 Å². The molecule has 3 rings (SSSR count). The van der Waals surface area contributed by atoms with Gasteiger partial charge in [0.2, 0.25) is 0 Å². The molecule has 1 fully saturated rings. The minimum atomic E-state index is -4.23. The van der Waals surface area contributed by atoms with E-state index >= 15 is 0 Å². The van der Waals surface area contributed by atoms with Crippen molar-refractivity contribution >= 4 is 11.7 Å². The minimum Gasteiger partial charge on any atom is -0.306 e. The number of halogens is 3.